The predicted molar refractivity (Wildman–Crippen MR) is 73.8 cm³/mol. The molecule has 0 heterocycles. The lowest BCUT2D eigenvalue weighted by atomic mass is 10.3. The molecule has 0 fully saturated rings. The Bertz CT molecular complexity index is 586. The zero-order chi connectivity index (χ0) is 15.3. The van der Waals surface area contributed by atoms with Crippen LogP contribution in [0.25, 0.3) is 0 Å². The third-order valence-corrected chi connectivity index (χ3v) is 3.84. The molecule has 0 amide bonds. The molecule has 0 bridgehead atoms. The third kappa shape index (κ3) is 4.15. The highest BCUT2D eigenvalue weighted by atomic mass is 32.2. The van der Waals surface area contributed by atoms with Crippen LogP contribution >= 0.6 is 0 Å². The smallest absolute Gasteiger partial charge is 0.312 e. The summed E-state index contributed by atoms with van der Waals surface area (Å²) in [6, 6.07) is 3.76. The van der Waals surface area contributed by atoms with Crippen LogP contribution in [-0.4, -0.2) is 32.6 Å². The highest BCUT2D eigenvalue weighted by Crippen LogP contribution is 2.29. The molecule has 0 saturated heterocycles. The first-order valence-corrected chi connectivity index (χ1v) is 7.38. The molecule has 0 aliphatic carbocycles. The summed E-state index contributed by atoms with van der Waals surface area (Å²) in [6.45, 7) is 3.83. The number of nitrogens with two attached hydrogens (primary N) is 1. The second-order valence-electron chi connectivity index (χ2n) is 4.27. The molecule has 1 rings (SSSR count). The molecule has 0 aliphatic heterocycles. The number of hydrogen-bond donors (Lipinski definition) is 2. The minimum atomic E-state index is -4.01. The number of nitrogens with zero attached hydrogens (tertiary/aromatic N) is 1. The van der Waals surface area contributed by atoms with Crippen molar-refractivity contribution in [1.82, 2.24) is 4.72 Å². The summed E-state index contributed by atoms with van der Waals surface area (Å²) < 4.78 is 31.5. The summed E-state index contributed by atoms with van der Waals surface area (Å²) in [5, 5.41) is 10.9. The highest BCUT2D eigenvalue weighted by molar-refractivity contribution is 7.89. The van der Waals surface area contributed by atoms with Gasteiger partial charge < -0.3 is 10.5 Å². The van der Waals surface area contributed by atoms with Gasteiger partial charge in [-0.15, -0.1) is 0 Å². The van der Waals surface area contributed by atoms with E-state index in [1.54, 1.807) is 0 Å². The van der Waals surface area contributed by atoms with Gasteiger partial charge in [-0.05, 0) is 26.0 Å². The van der Waals surface area contributed by atoms with Crippen molar-refractivity contribution in [2.24, 2.45) is 0 Å². The number of nitro groups is 1. The average Bonchev–Trinajstić information content (AvgIpc) is 2.33. The Balaban J connectivity index is 2.93. The van der Waals surface area contributed by atoms with E-state index in [0.717, 1.165) is 6.07 Å². The van der Waals surface area contributed by atoms with Crippen LogP contribution in [0.3, 0.4) is 0 Å². The van der Waals surface area contributed by atoms with Crippen molar-refractivity contribution in [3.05, 3.63) is 28.3 Å². The molecule has 0 unspecified atom stereocenters. The largest absolute Gasteiger partial charge is 0.393 e. The van der Waals surface area contributed by atoms with E-state index in [2.05, 4.69) is 4.72 Å². The van der Waals surface area contributed by atoms with Crippen molar-refractivity contribution in [3.8, 4) is 0 Å². The predicted octanol–water partition coefficient (Wildman–Crippen LogP) is 0.880. The van der Waals surface area contributed by atoms with E-state index in [-0.39, 0.29) is 24.9 Å². The third-order valence-electron chi connectivity index (χ3n) is 2.35. The van der Waals surface area contributed by atoms with Gasteiger partial charge in [0, 0.05) is 6.54 Å². The van der Waals surface area contributed by atoms with E-state index in [1.807, 2.05) is 13.8 Å². The van der Waals surface area contributed by atoms with Crippen molar-refractivity contribution in [3.63, 3.8) is 0 Å². The fourth-order valence-corrected chi connectivity index (χ4v) is 2.71. The maximum absolute atomic E-state index is 12.0. The number of ether oxygens (including phenoxy) is 1. The first-order chi connectivity index (χ1) is 9.25. The van der Waals surface area contributed by atoms with E-state index in [4.69, 9.17) is 10.5 Å². The zero-order valence-corrected chi connectivity index (χ0v) is 12.0. The van der Waals surface area contributed by atoms with Crippen LogP contribution in [0.5, 0.6) is 0 Å². The van der Waals surface area contributed by atoms with E-state index < -0.39 is 25.5 Å². The summed E-state index contributed by atoms with van der Waals surface area (Å²) in [4.78, 5) is 9.65. The highest BCUT2D eigenvalue weighted by Gasteiger charge is 2.27. The number of benzene rings is 1. The van der Waals surface area contributed by atoms with Gasteiger partial charge >= 0.3 is 5.69 Å². The van der Waals surface area contributed by atoms with Gasteiger partial charge in [0.05, 0.1) is 17.6 Å². The molecule has 0 spiro atoms. The molecule has 0 radical (unpaired) electrons. The Morgan fingerprint density at radius 3 is 2.65 bits per heavy atom. The Kier molecular flexibility index (Phi) is 5.43. The van der Waals surface area contributed by atoms with Crippen molar-refractivity contribution in [1.29, 1.82) is 0 Å². The Morgan fingerprint density at radius 1 is 1.45 bits per heavy atom. The van der Waals surface area contributed by atoms with Crippen LogP contribution < -0.4 is 10.5 Å². The number of nitrogens with one attached hydrogen (secondary N) is 1. The lowest BCUT2D eigenvalue weighted by Gasteiger charge is -2.10. The van der Waals surface area contributed by atoms with Crippen molar-refractivity contribution < 1.29 is 18.1 Å². The summed E-state index contributed by atoms with van der Waals surface area (Å²) >= 11 is 0. The van der Waals surface area contributed by atoms with Crippen molar-refractivity contribution in [2.45, 2.75) is 24.8 Å². The van der Waals surface area contributed by atoms with Crippen LogP contribution in [-0.2, 0) is 14.8 Å². The summed E-state index contributed by atoms with van der Waals surface area (Å²) in [7, 11) is -4.01. The normalized spacial score (nSPS) is 11.8. The molecular weight excluding hydrogens is 286 g/mol. The van der Waals surface area contributed by atoms with Crippen LogP contribution in [0.15, 0.2) is 23.1 Å². The molecule has 0 aromatic heterocycles. The van der Waals surface area contributed by atoms with E-state index in [9.17, 15) is 18.5 Å². The van der Waals surface area contributed by atoms with Gasteiger partial charge in [0.25, 0.3) is 0 Å². The van der Waals surface area contributed by atoms with Crippen molar-refractivity contribution >= 4 is 21.4 Å². The summed E-state index contributed by atoms with van der Waals surface area (Å²) in [5.41, 5.74) is 4.64. The minimum absolute atomic E-state index is 0.0203. The molecule has 0 aliphatic rings. The maximum atomic E-state index is 12.0. The zero-order valence-electron chi connectivity index (χ0n) is 11.2. The molecule has 3 N–H and O–H groups in total. The standard InChI is InChI=1S/C11H17N3O5S/c1-8(2)19-7-6-13-20(17,18)10-5-3-4-9(12)11(10)14(15)16/h3-5,8,13H,6-7,12H2,1-2H3. The lowest BCUT2D eigenvalue weighted by Crippen LogP contribution is -2.29. The number of rotatable bonds is 7. The van der Waals surface area contributed by atoms with E-state index in [0.29, 0.717) is 0 Å². The number of nitrogen functional groups attached to an aromatic ring is 1. The van der Waals surface area contributed by atoms with Crippen LogP contribution in [0.1, 0.15) is 13.8 Å². The average molecular weight is 303 g/mol. The van der Waals surface area contributed by atoms with E-state index in [1.165, 1.54) is 12.1 Å². The quantitative estimate of drug-likeness (QED) is 0.333. The fourth-order valence-electron chi connectivity index (χ4n) is 1.50. The topological polar surface area (TPSA) is 125 Å². The molecule has 8 nitrogen and oxygen atoms in total. The molecule has 1 aromatic carbocycles. The molecule has 0 saturated carbocycles. The molecule has 9 heteroatoms. The fraction of sp³-hybridized carbons (Fsp3) is 0.455. The Hall–Kier alpha value is -1.71. The van der Waals surface area contributed by atoms with Gasteiger partial charge in [0.1, 0.15) is 5.69 Å². The number of sulfonamides is 1. The molecular formula is C11H17N3O5S. The Labute approximate surface area is 117 Å². The number of nitro benzene ring substituents is 1. The van der Waals surface area contributed by atoms with Gasteiger partial charge in [-0.2, -0.15) is 0 Å². The van der Waals surface area contributed by atoms with Gasteiger partial charge in [0.2, 0.25) is 10.0 Å². The number of para-hydroxylation sites is 1. The number of anilines is 1. The lowest BCUT2D eigenvalue weighted by molar-refractivity contribution is -0.386. The second kappa shape index (κ2) is 6.64. The first kappa shape index (κ1) is 16.3. The molecule has 20 heavy (non-hydrogen) atoms. The van der Waals surface area contributed by atoms with Gasteiger partial charge in [-0.1, -0.05) is 6.07 Å². The first-order valence-electron chi connectivity index (χ1n) is 5.90. The SMILES string of the molecule is CC(C)OCCNS(=O)(=O)c1cccc(N)c1[N+](=O)[O-]. The van der Waals surface area contributed by atoms with Gasteiger partial charge in [0.15, 0.2) is 4.90 Å². The summed E-state index contributed by atoms with van der Waals surface area (Å²) in [6.07, 6.45) is -0.0267. The van der Waals surface area contributed by atoms with Crippen LogP contribution in [0, 0.1) is 10.1 Å². The molecule has 0 atom stereocenters. The van der Waals surface area contributed by atoms with Crippen LogP contribution in [0.2, 0.25) is 0 Å². The van der Waals surface area contributed by atoms with E-state index >= 15 is 0 Å². The van der Waals surface area contributed by atoms with Crippen LogP contribution in [0.4, 0.5) is 11.4 Å². The summed E-state index contributed by atoms with van der Waals surface area (Å²) in [5.74, 6) is 0. The molecule has 1 aromatic rings. The monoisotopic (exact) mass is 303 g/mol. The van der Waals surface area contributed by atoms with Crippen molar-refractivity contribution in [2.75, 3.05) is 18.9 Å². The maximum Gasteiger partial charge on any atom is 0.312 e. The second-order valence-corrected chi connectivity index (χ2v) is 6.00. The Morgan fingerprint density at radius 2 is 2.10 bits per heavy atom. The minimum Gasteiger partial charge on any atom is -0.393 e. The number of hydrogen-bond acceptors (Lipinski definition) is 6. The molecule has 112 valence electrons. The van der Waals surface area contributed by atoms with Gasteiger partial charge in [-0.3, -0.25) is 10.1 Å². The van der Waals surface area contributed by atoms with Gasteiger partial charge in [-0.25, -0.2) is 13.1 Å².